The van der Waals surface area contributed by atoms with Gasteiger partial charge in [0.25, 0.3) is 17.4 Å². The molecule has 3 aliphatic rings. The molecule has 3 aliphatic heterocycles. The van der Waals surface area contributed by atoms with E-state index in [4.69, 9.17) is 34.4 Å². The minimum Gasteiger partial charge on any atom is -0.508 e. The molecule has 5 heterocycles. The molecule has 0 saturated heterocycles. The smallest absolute Gasteiger partial charge is 0.355 e. The second-order valence-corrected chi connectivity index (χ2v) is 16.8. The number of ether oxygens (including phenoxy) is 5. The van der Waals surface area contributed by atoms with Crippen LogP contribution >= 0.6 is 0 Å². The van der Waals surface area contributed by atoms with Crippen molar-refractivity contribution in [2.45, 2.75) is 96.4 Å². The topological polar surface area (TPSA) is 286 Å². The number of aromatic nitrogens is 2. The number of imide groups is 1. The Bertz CT molecular complexity index is 2490. The minimum atomic E-state index is -1.96. The van der Waals surface area contributed by atoms with Crippen LogP contribution in [0.25, 0.3) is 22.3 Å². The molecule has 21 nitrogen and oxygen atoms in total. The second kappa shape index (κ2) is 24.6. The van der Waals surface area contributed by atoms with Gasteiger partial charge in [0.05, 0.1) is 68.1 Å². The van der Waals surface area contributed by atoms with E-state index < -0.39 is 41.6 Å². The summed E-state index contributed by atoms with van der Waals surface area (Å²) in [5.41, 5.74) is 7.50. The zero-order chi connectivity index (χ0) is 49.5. The van der Waals surface area contributed by atoms with Gasteiger partial charge >= 0.3 is 11.9 Å². The molecule has 2 aromatic heterocycles. The Hall–Kier alpha value is -6.55. The van der Waals surface area contributed by atoms with Gasteiger partial charge in [-0.25, -0.2) is 9.78 Å². The van der Waals surface area contributed by atoms with Gasteiger partial charge in [-0.15, -0.1) is 0 Å². The number of hydrogen-bond acceptors (Lipinski definition) is 16. The lowest BCUT2D eigenvalue weighted by molar-refractivity contribution is -0.189. The molecule has 0 radical (unpaired) electrons. The van der Waals surface area contributed by atoms with Crippen molar-refractivity contribution < 1.29 is 62.4 Å². The Morgan fingerprint density at radius 3 is 2.32 bits per heavy atom. The summed E-state index contributed by atoms with van der Waals surface area (Å²) in [7, 11) is 0. The predicted molar refractivity (Wildman–Crippen MR) is 247 cm³/mol. The first kappa shape index (κ1) is 51.8. The standard InChI is InChI=1S/C48H61N7O14/c1-3-31-32-24-30(56)12-13-37(32)53-44-33(31)27-55-38(44)25-35-34(46(55)63)28-68-47(64)48(35,4-2)69-43(61)26-52-45(62)36(49)10-7-8-16-50-40(58)29-67-23-22-66-21-20-65-19-17-51-39(57)11-6-5-9-18-54-41(59)14-15-42(54)60/h12-15,24-25,36,56H,3-11,16-23,26-29,49H2,1-2H3,(H,50,58)(H,51,57)(H,52,62)/t36?,48-/m0/s1. The van der Waals surface area contributed by atoms with Crippen LogP contribution < -0.4 is 27.2 Å². The van der Waals surface area contributed by atoms with E-state index in [1.807, 2.05) is 6.92 Å². The number of rotatable bonds is 28. The Morgan fingerprint density at radius 2 is 1.58 bits per heavy atom. The van der Waals surface area contributed by atoms with Crippen LogP contribution in [0.1, 0.15) is 87.5 Å². The number of nitrogens with one attached hydrogen (secondary N) is 3. The van der Waals surface area contributed by atoms with Crippen LogP contribution in [0.3, 0.4) is 0 Å². The molecule has 1 unspecified atom stereocenters. The number of benzene rings is 1. The number of unbranched alkanes of at least 4 members (excludes halogenated alkanes) is 3. The number of esters is 2. The first-order valence-corrected chi connectivity index (χ1v) is 23.4. The summed E-state index contributed by atoms with van der Waals surface area (Å²) in [6.07, 6.45) is 6.70. The van der Waals surface area contributed by atoms with Crippen LogP contribution in [0, 0.1) is 0 Å². The summed E-state index contributed by atoms with van der Waals surface area (Å²) in [6.45, 7) is 5.20. The Kier molecular flexibility index (Phi) is 18.5. The van der Waals surface area contributed by atoms with Gasteiger partial charge < -0.3 is 55.0 Å². The van der Waals surface area contributed by atoms with Crippen LogP contribution in [-0.4, -0.2) is 133 Å². The molecule has 372 valence electrons. The molecule has 1 aromatic carbocycles. The van der Waals surface area contributed by atoms with E-state index >= 15 is 0 Å². The number of cyclic esters (lactones) is 1. The van der Waals surface area contributed by atoms with E-state index in [0.717, 1.165) is 22.9 Å². The SMILES string of the molecule is CCc1c2c(nc3ccc(O)cc13)-c1cc3c(c(=O)n1C2)COC(=O)[C@@]3(CC)OC(=O)CNC(=O)C(N)CCCCNC(=O)COCCOCCOCCNC(=O)CCCCCN1C(=O)C=CC1=O. The number of carbonyl (C=O) groups is 7. The molecule has 6 N–H and O–H groups in total. The average Bonchev–Trinajstić information content (AvgIpc) is 3.87. The zero-order valence-electron chi connectivity index (χ0n) is 39.1. The summed E-state index contributed by atoms with van der Waals surface area (Å²) < 4.78 is 29.0. The highest BCUT2D eigenvalue weighted by Gasteiger charge is 2.50. The molecule has 0 fully saturated rings. The van der Waals surface area contributed by atoms with Crippen LogP contribution in [-0.2, 0) is 82.4 Å². The largest absolute Gasteiger partial charge is 0.508 e. The van der Waals surface area contributed by atoms with Crippen molar-refractivity contribution in [3.63, 3.8) is 0 Å². The van der Waals surface area contributed by atoms with Crippen molar-refractivity contribution in [1.82, 2.24) is 30.4 Å². The molecular weight excluding hydrogens is 899 g/mol. The van der Waals surface area contributed by atoms with Crippen molar-refractivity contribution in [2.75, 3.05) is 65.8 Å². The van der Waals surface area contributed by atoms with Gasteiger partial charge in [0.1, 0.15) is 25.5 Å². The number of pyridine rings is 2. The fourth-order valence-electron chi connectivity index (χ4n) is 8.47. The molecule has 5 amide bonds. The van der Waals surface area contributed by atoms with Gasteiger partial charge in [-0.2, -0.15) is 0 Å². The second-order valence-electron chi connectivity index (χ2n) is 16.8. The lowest BCUT2D eigenvalue weighted by atomic mass is 9.85. The number of nitrogens with zero attached hydrogens (tertiary/aromatic N) is 3. The highest BCUT2D eigenvalue weighted by Crippen LogP contribution is 2.42. The normalized spacial score (nSPS) is 16.2. The lowest BCUT2D eigenvalue weighted by Crippen LogP contribution is -2.49. The molecule has 2 atom stereocenters. The maximum atomic E-state index is 14.0. The number of hydrogen-bond donors (Lipinski definition) is 5. The van der Waals surface area contributed by atoms with E-state index in [9.17, 15) is 43.5 Å². The summed E-state index contributed by atoms with van der Waals surface area (Å²) in [4.78, 5) is 107. The Labute approximate surface area is 398 Å². The van der Waals surface area contributed by atoms with Crippen LogP contribution in [0.5, 0.6) is 5.75 Å². The summed E-state index contributed by atoms with van der Waals surface area (Å²) in [5, 5.41) is 18.9. The fourth-order valence-corrected chi connectivity index (χ4v) is 8.47. The number of phenolic OH excluding ortho intramolecular Hbond substituents is 1. The van der Waals surface area contributed by atoms with Gasteiger partial charge in [0.2, 0.25) is 23.3 Å². The Morgan fingerprint density at radius 1 is 0.855 bits per heavy atom. The number of nitrogens with two attached hydrogens (primary N) is 1. The average molecular weight is 960 g/mol. The van der Waals surface area contributed by atoms with E-state index in [0.29, 0.717) is 94.9 Å². The molecule has 21 heteroatoms. The summed E-state index contributed by atoms with van der Waals surface area (Å²) >= 11 is 0. The van der Waals surface area contributed by atoms with Gasteiger partial charge in [-0.3, -0.25) is 38.5 Å². The van der Waals surface area contributed by atoms with Gasteiger partial charge in [-0.1, -0.05) is 20.3 Å². The van der Waals surface area contributed by atoms with Gasteiger partial charge in [0.15, 0.2) is 0 Å². The van der Waals surface area contributed by atoms with Crippen molar-refractivity contribution in [3.8, 4) is 17.1 Å². The maximum Gasteiger partial charge on any atom is 0.355 e. The predicted octanol–water partition coefficient (Wildman–Crippen LogP) is 1.28. The maximum absolute atomic E-state index is 14.0. The Balaban J connectivity index is 0.810. The molecular formula is C48H61N7O14. The highest BCUT2D eigenvalue weighted by atomic mass is 16.6. The van der Waals surface area contributed by atoms with Crippen LogP contribution in [0.2, 0.25) is 0 Å². The molecule has 6 rings (SSSR count). The number of aryl methyl sites for hydroxylation is 1. The number of aromatic hydroxyl groups is 1. The molecule has 69 heavy (non-hydrogen) atoms. The van der Waals surface area contributed by atoms with Gasteiger partial charge in [-0.05, 0) is 74.8 Å². The number of phenols is 1. The number of fused-ring (bicyclic) bond motifs is 5. The molecule has 3 aromatic rings. The van der Waals surface area contributed by atoms with Crippen LogP contribution in [0.4, 0.5) is 0 Å². The first-order valence-electron chi connectivity index (χ1n) is 23.4. The number of amides is 5. The van der Waals surface area contributed by atoms with E-state index in [1.165, 1.54) is 23.1 Å². The fraction of sp³-hybridized carbons (Fsp3) is 0.521. The third-order valence-corrected chi connectivity index (χ3v) is 12.1. The van der Waals surface area contributed by atoms with Gasteiger partial charge in [0, 0.05) is 54.7 Å². The zero-order valence-corrected chi connectivity index (χ0v) is 39.1. The first-order chi connectivity index (χ1) is 33.3. The third-order valence-electron chi connectivity index (χ3n) is 12.1. The quantitative estimate of drug-likeness (QED) is 0.0305. The van der Waals surface area contributed by atoms with E-state index in [1.54, 1.807) is 29.7 Å². The molecule has 0 bridgehead atoms. The van der Waals surface area contributed by atoms with E-state index in [2.05, 4.69) is 16.0 Å². The van der Waals surface area contributed by atoms with Crippen LogP contribution in [0.15, 0.2) is 41.2 Å². The molecule has 0 aliphatic carbocycles. The molecule has 0 spiro atoms. The lowest BCUT2D eigenvalue weighted by Gasteiger charge is -2.35. The molecule has 0 saturated carbocycles. The van der Waals surface area contributed by atoms with Crippen molar-refractivity contribution in [2.24, 2.45) is 5.73 Å². The van der Waals surface area contributed by atoms with Crippen molar-refractivity contribution in [1.29, 1.82) is 0 Å². The van der Waals surface area contributed by atoms with Crippen molar-refractivity contribution >= 4 is 52.4 Å². The van der Waals surface area contributed by atoms with E-state index in [-0.39, 0.29) is 86.3 Å². The summed E-state index contributed by atoms with van der Waals surface area (Å²) in [6, 6.07) is 5.59. The third kappa shape index (κ3) is 13.0. The minimum absolute atomic E-state index is 0.0569. The summed E-state index contributed by atoms with van der Waals surface area (Å²) in [5.74, 6) is -3.31. The monoisotopic (exact) mass is 959 g/mol. The number of carbonyl (C=O) groups excluding carboxylic acids is 7. The highest BCUT2D eigenvalue weighted by molar-refractivity contribution is 6.12. The van der Waals surface area contributed by atoms with Crippen molar-refractivity contribution in [3.05, 3.63) is 69.0 Å².